The quantitative estimate of drug-likeness (QED) is 0.521. The van der Waals surface area contributed by atoms with Crippen LogP contribution in [-0.4, -0.2) is 28.1 Å². The Balaban J connectivity index is 1.66. The van der Waals surface area contributed by atoms with E-state index in [1.165, 1.54) is 11.3 Å². The number of para-hydroxylation sites is 1. The van der Waals surface area contributed by atoms with Crippen LogP contribution in [0.2, 0.25) is 5.02 Å². The predicted molar refractivity (Wildman–Crippen MR) is 128 cm³/mol. The number of ether oxygens (including phenoxy) is 1. The van der Waals surface area contributed by atoms with Gasteiger partial charge in [-0.25, -0.2) is 4.98 Å². The lowest BCUT2D eigenvalue weighted by Crippen LogP contribution is -2.42. The van der Waals surface area contributed by atoms with Crippen LogP contribution in [0.4, 0.5) is 0 Å². The summed E-state index contributed by atoms with van der Waals surface area (Å²) in [5.74, 6) is 1.46. The SMILES string of the molecule is CCCN1CCC(O)(c2ccc(Cl)cc2)C/C1=C1/Cc2ccccc2Oc2ncccc21. The molecule has 4 nitrogen and oxygen atoms in total. The Morgan fingerprint density at radius 3 is 2.72 bits per heavy atom. The summed E-state index contributed by atoms with van der Waals surface area (Å²) in [6.07, 6.45) is 4.77. The molecule has 32 heavy (non-hydrogen) atoms. The predicted octanol–water partition coefficient (Wildman–Crippen LogP) is 6.19. The number of allylic oxidation sites excluding steroid dienone is 1. The zero-order chi connectivity index (χ0) is 22.1. The number of rotatable bonds is 3. The van der Waals surface area contributed by atoms with Gasteiger partial charge in [-0.05, 0) is 59.9 Å². The summed E-state index contributed by atoms with van der Waals surface area (Å²) in [5, 5.41) is 12.5. The molecule has 3 aromatic rings. The van der Waals surface area contributed by atoms with E-state index in [1.807, 2.05) is 48.5 Å². The lowest BCUT2D eigenvalue weighted by Gasteiger charge is -2.43. The van der Waals surface area contributed by atoms with Crippen LogP contribution in [0.3, 0.4) is 0 Å². The highest BCUT2D eigenvalue weighted by Gasteiger charge is 2.38. The molecule has 1 aromatic heterocycles. The molecule has 0 bridgehead atoms. The minimum absolute atomic E-state index is 0.542. The molecule has 5 rings (SSSR count). The van der Waals surface area contributed by atoms with Gasteiger partial charge in [0.15, 0.2) is 0 Å². The number of piperidine rings is 1. The van der Waals surface area contributed by atoms with E-state index >= 15 is 0 Å². The van der Waals surface area contributed by atoms with Crippen LogP contribution >= 0.6 is 11.6 Å². The Kier molecular flexibility index (Phi) is 5.66. The largest absolute Gasteiger partial charge is 0.438 e. The molecule has 1 N–H and O–H groups in total. The van der Waals surface area contributed by atoms with Gasteiger partial charge in [0, 0.05) is 48.4 Å². The van der Waals surface area contributed by atoms with Gasteiger partial charge in [-0.2, -0.15) is 0 Å². The molecule has 0 spiro atoms. The van der Waals surface area contributed by atoms with Crippen LogP contribution < -0.4 is 4.74 Å². The highest BCUT2D eigenvalue weighted by atomic mass is 35.5. The van der Waals surface area contributed by atoms with Crippen LogP contribution in [0.5, 0.6) is 11.6 Å². The molecule has 2 aliphatic rings. The summed E-state index contributed by atoms with van der Waals surface area (Å²) in [5.41, 5.74) is 4.45. The zero-order valence-corrected chi connectivity index (χ0v) is 19.0. The minimum Gasteiger partial charge on any atom is -0.438 e. The number of pyridine rings is 1. The third-order valence-corrected chi connectivity index (χ3v) is 6.76. The Bertz CT molecular complexity index is 1160. The molecule has 1 saturated heterocycles. The van der Waals surface area contributed by atoms with E-state index in [0.717, 1.165) is 48.4 Å². The van der Waals surface area contributed by atoms with Crippen LogP contribution in [-0.2, 0) is 12.0 Å². The first-order chi connectivity index (χ1) is 15.6. The standard InChI is InChI=1S/C27H27ClN2O2/c1-2-15-30-16-13-27(31,20-9-11-21(28)12-10-20)18-24(30)23-17-19-6-3-4-8-25(19)32-26-22(23)7-5-14-29-26/h3-12,14,31H,2,13,15-18H2,1H3/b24-23+. The van der Waals surface area contributed by atoms with Crippen molar-refractivity contribution in [2.75, 3.05) is 13.1 Å². The number of aromatic nitrogens is 1. The average Bonchev–Trinajstić information content (AvgIpc) is 2.97. The smallest absolute Gasteiger partial charge is 0.226 e. The van der Waals surface area contributed by atoms with Gasteiger partial charge in [-0.1, -0.05) is 48.9 Å². The molecule has 2 aliphatic heterocycles. The molecule has 1 fully saturated rings. The van der Waals surface area contributed by atoms with E-state index in [2.05, 4.69) is 28.9 Å². The molecular weight excluding hydrogens is 420 g/mol. The highest BCUT2D eigenvalue weighted by Crippen LogP contribution is 2.45. The van der Waals surface area contributed by atoms with Gasteiger partial charge < -0.3 is 14.7 Å². The number of hydrogen-bond donors (Lipinski definition) is 1. The molecule has 0 aliphatic carbocycles. The van der Waals surface area contributed by atoms with Gasteiger partial charge in [0.2, 0.25) is 5.88 Å². The third kappa shape index (κ3) is 3.89. The highest BCUT2D eigenvalue weighted by molar-refractivity contribution is 6.30. The summed E-state index contributed by atoms with van der Waals surface area (Å²) in [7, 11) is 0. The molecule has 1 unspecified atom stereocenters. The molecule has 0 amide bonds. The van der Waals surface area contributed by atoms with Crippen molar-refractivity contribution in [2.24, 2.45) is 0 Å². The van der Waals surface area contributed by atoms with Crippen molar-refractivity contribution in [3.63, 3.8) is 0 Å². The number of likely N-dealkylation sites (tertiary alicyclic amines) is 1. The normalized spacial score (nSPS) is 22.5. The van der Waals surface area contributed by atoms with Gasteiger partial charge in [-0.3, -0.25) is 0 Å². The maximum atomic E-state index is 11.8. The minimum atomic E-state index is -0.938. The lowest BCUT2D eigenvalue weighted by molar-refractivity contribution is -0.00639. The summed E-state index contributed by atoms with van der Waals surface area (Å²) in [6.45, 7) is 3.95. The average molecular weight is 447 g/mol. The van der Waals surface area contributed by atoms with Crippen LogP contribution in [0.15, 0.2) is 72.6 Å². The molecule has 0 radical (unpaired) electrons. The number of benzene rings is 2. The number of nitrogens with zero attached hydrogens (tertiary/aromatic N) is 2. The second kappa shape index (κ2) is 8.61. The van der Waals surface area contributed by atoms with Crippen molar-refractivity contribution < 1.29 is 9.84 Å². The van der Waals surface area contributed by atoms with Crippen molar-refractivity contribution >= 4 is 17.2 Å². The van der Waals surface area contributed by atoms with Crippen molar-refractivity contribution in [2.45, 2.75) is 38.2 Å². The van der Waals surface area contributed by atoms with E-state index in [0.29, 0.717) is 23.7 Å². The van der Waals surface area contributed by atoms with E-state index in [4.69, 9.17) is 16.3 Å². The van der Waals surface area contributed by atoms with Crippen molar-refractivity contribution in [1.29, 1.82) is 0 Å². The van der Waals surface area contributed by atoms with Crippen LogP contribution in [0.25, 0.3) is 5.57 Å². The van der Waals surface area contributed by atoms with Gasteiger partial charge in [0.25, 0.3) is 0 Å². The molecule has 5 heteroatoms. The Labute approximate surface area is 194 Å². The van der Waals surface area contributed by atoms with Gasteiger partial charge >= 0.3 is 0 Å². The number of aliphatic hydroxyl groups is 1. The fourth-order valence-corrected chi connectivity index (χ4v) is 4.98. The Morgan fingerprint density at radius 2 is 1.91 bits per heavy atom. The Morgan fingerprint density at radius 1 is 1.09 bits per heavy atom. The molecular formula is C27H27ClN2O2. The summed E-state index contributed by atoms with van der Waals surface area (Å²) < 4.78 is 6.23. The Hall–Kier alpha value is -2.82. The first-order valence-electron chi connectivity index (χ1n) is 11.2. The number of fused-ring (bicyclic) bond motifs is 2. The first-order valence-corrected chi connectivity index (χ1v) is 11.6. The second-order valence-corrected chi connectivity index (χ2v) is 9.06. The summed E-state index contributed by atoms with van der Waals surface area (Å²) >= 11 is 6.11. The molecule has 3 heterocycles. The lowest BCUT2D eigenvalue weighted by atomic mass is 9.80. The van der Waals surface area contributed by atoms with Gasteiger partial charge in [-0.15, -0.1) is 0 Å². The van der Waals surface area contributed by atoms with Crippen LogP contribution in [0.1, 0.15) is 42.9 Å². The zero-order valence-electron chi connectivity index (χ0n) is 18.2. The summed E-state index contributed by atoms with van der Waals surface area (Å²) in [4.78, 5) is 6.98. The fourth-order valence-electron chi connectivity index (χ4n) is 4.85. The van der Waals surface area contributed by atoms with Crippen molar-refractivity contribution in [3.8, 4) is 11.6 Å². The van der Waals surface area contributed by atoms with Gasteiger partial charge in [0.1, 0.15) is 5.75 Å². The fraction of sp³-hybridized carbons (Fsp3) is 0.296. The van der Waals surface area contributed by atoms with E-state index < -0.39 is 5.60 Å². The maximum absolute atomic E-state index is 11.8. The van der Waals surface area contributed by atoms with E-state index in [-0.39, 0.29) is 0 Å². The van der Waals surface area contributed by atoms with E-state index in [1.54, 1.807) is 6.20 Å². The van der Waals surface area contributed by atoms with Crippen molar-refractivity contribution in [3.05, 3.63) is 94.3 Å². The maximum Gasteiger partial charge on any atom is 0.226 e. The van der Waals surface area contributed by atoms with Gasteiger partial charge in [0.05, 0.1) is 5.60 Å². The molecule has 1 atom stereocenters. The molecule has 2 aromatic carbocycles. The third-order valence-electron chi connectivity index (χ3n) is 6.50. The molecule has 164 valence electrons. The first kappa shape index (κ1) is 21.0. The number of hydrogen-bond acceptors (Lipinski definition) is 4. The monoisotopic (exact) mass is 446 g/mol. The van der Waals surface area contributed by atoms with E-state index in [9.17, 15) is 5.11 Å². The summed E-state index contributed by atoms with van der Waals surface area (Å²) in [6, 6.07) is 19.8. The molecule has 0 saturated carbocycles. The number of halogens is 1. The topological polar surface area (TPSA) is 45.6 Å². The van der Waals surface area contributed by atoms with Crippen molar-refractivity contribution in [1.82, 2.24) is 9.88 Å². The second-order valence-electron chi connectivity index (χ2n) is 8.62. The van der Waals surface area contributed by atoms with Crippen LogP contribution in [0, 0.1) is 0 Å².